The van der Waals surface area contributed by atoms with Gasteiger partial charge in [0.15, 0.2) is 17.4 Å². The summed E-state index contributed by atoms with van der Waals surface area (Å²) in [5.74, 6) is -2.83. The Balaban J connectivity index is 2.55. The molecule has 15 heavy (non-hydrogen) atoms. The Morgan fingerprint density at radius 3 is 2.47 bits per heavy atom. The van der Waals surface area contributed by atoms with Gasteiger partial charge in [-0.25, -0.2) is 8.78 Å². The number of ether oxygens (including phenoxy) is 1. The largest absolute Gasteiger partial charge is 0.503 e. The molecule has 0 atom stereocenters. The average Bonchev–Trinajstić information content (AvgIpc) is 2.21. The van der Waals surface area contributed by atoms with Crippen molar-refractivity contribution in [3.8, 4) is 5.75 Å². The van der Waals surface area contributed by atoms with Crippen molar-refractivity contribution in [1.82, 2.24) is 5.32 Å². The molecule has 1 aromatic carbocycles. The smallest absolute Gasteiger partial charge is 0.187 e. The highest BCUT2D eigenvalue weighted by Gasteiger charge is 2.08. The number of phenolic OH excluding ortho intramolecular Hbond substituents is 1. The molecule has 2 N–H and O–H groups in total. The number of rotatable bonds is 5. The molecular weight excluding hydrogens is 204 g/mol. The van der Waals surface area contributed by atoms with Gasteiger partial charge in [-0.1, -0.05) is 0 Å². The van der Waals surface area contributed by atoms with Crippen LogP contribution in [0.1, 0.15) is 5.56 Å². The van der Waals surface area contributed by atoms with Crippen LogP contribution >= 0.6 is 0 Å². The van der Waals surface area contributed by atoms with Crippen molar-refractivity contribution in [2.75, 3.05) is 20.3 Å². The second-order valence-corrected chi connectivity index (χ2v) is 3.08. The van der Waals surface area contributed by atoms with Gasteiger partial charge >= 0.3 is 0 Å². The molecule has 1 rings (SSSR count). The molecule has 1 aromatic rings. The lowest BCUT2D eigenvalue weighted by Gasteiger charge is -2.05. The summed E-state index contributed by atoms with van der Waals surface area (Å²) in [6, 6.07) is 2.19. The van der Waals surface area contributed by atoms with Gasteiger partial charge in [-0.05, 0) is 17.7 Å². The summed E-state index contributed by atoms with van der Waals surface area (Å²) >= 11 is 0. The van der Waals surface area contributed by atoms with Crippen molar-refractivity contribution in [2.24, 2.45) is 0 Å². The van der Waals surface area contributed by atoms with Gasteiger partial charge in [0.2, 0.25) is 0 Å². The van der Waals surface area contributed by atoms with Crippen molar-refractivity contribution in [1.29, 1.82) is 0 Å². The summed E-state index contributed by atoms with van der Waals surface area (Å²) < 4.78 is 30.5. The van der Waals surface area contributed by atoms with E-state index in [1.165, 1.54) is 0 Å². The third-order valence-corrected chi connectivity index (χ3v) is 1.89. The number of hydrogen-bond donors (Lipinski definition) is 2. The maximum absolute atomic E-state index is 12.9. The molecule has 0 bridgehead atoms. The van der Waals surface area contributed by atoms with E-state index in [1.54, 1.807) is 7.11 Å². The van der Waals surface area contributed by atoms with E-state index in [2.05, 4.69) is 5.32 Å². The molecule has 0 aliphatic carbocycles. The van der Waals surface area contributed by atoms with Gasteiger partial charge in [-0.15, -0.1) is 0 Å². The van der Waals surface area contributed by atoms with Gasteiger partial charge in [0.25, 0.3) is 0 Å². The zero-order valence-corrected chi connectivity index (χ0v) is 8.39. The predicted molar refractivity (Wildman–Crippen MR) is 51.6 cm³/mol. The van der Waals surface area contributed by atoms with Crippen LogP contribution in [0, 0.1) is 11.6 Å². The summed E-state index contributed by atoms with van der Waals surface area (Å²) in [5.41, 5.74) is 0.443. The molecule has 0 fully saturated rings. The van der Waals surface area contributed by atoms with Gasteiger partial charge < -0.3 is 15.2 Å². The minimum absolute atomic E-state index is 0.331. The monoisotopic (exact) mass is 217 g/mol. The molecule has 5 heteroatoms. The van der Waals surface area contributed by atoms with Gasteiger partial charge in [0.1, 0.15) is 0 Å². The highest BCUT2D eigenvalue weighted by molar-refractivity contribution is 5.29. The lowest BCUT2D eigenvalue weighted by molar-refractivity contribution is 0.199. The first-order valence-corrected chi connectivity index (χ1v) is 4.51. The molecule has 0 saturated heterocycles. The van der Waals surface area contributed by atoms with Crippen LogP contribution in [0.4, 0.5) is 8.78 Å². The molecule has 0 amide bonds. The Morgan fingerprint density at radius 2 is 1.93 bits per heavy atom. The summed E-state index contributed by atoms with van der Waals surface area (Å²) in [4.78, 5) is 0. The van der Waals surface area contributed by atoms with Crippen LogP contribution in [-0.4, -0.2) is 25.4 Å². The molecule has 0 spiro atoms. The quantitative estimate of drug-likeness (QED) is 0.733. The van der Waals surface area contributed by atoms with Gasteiger partial charge in [-0.2, -0.15) is 0 Å². The summed E-state index contributed by atoms with van der Waals surface area (Å²) in [6.45, 7) is 1.46. The minimum atomic E-state index is -0.946. The summed E-state index contributed by atoms with van der Waals surface area (Å²) in [6.07, 6.45) is 0. The molecular formula is C10H13F2NO2. The molecule has 84 valence electrons. The molecule has 3 nitrogen and oxygen atoms in total. The molecule has 0 aromatic heterocycles. The fraction of sp³-hybridized carbons (Fsp3) is 0.400. The van der Waals surface area contributed by atoms with Crippen molar-refractivity contribution in [3.63, 3.8) is 0 Å². The van der Waals surface area contributed by atoms with Crippen LogP contribution in [0.2, 0.25) is 0 Å². The fourth-order valence-electron chi connectivity index (χ4n) is 1.13. The van der Waals surface area contributed by atoms with Gasteiger partial charge in [-0.3, -0.25) is 0 Å². The van der Waals surface area contributed by atoms with E-state index < -0.39 is 17.4 Å². The van der Waals surface area contributed by atoms with Crippen LogP contribution < -0.4 is 5.32 Å². The lowest BCUT2D eigenvalue weighted by Crippen LogP contribution is -2.18. The first kappa shape index (κ1) is 11.9. The van der Waals surface area contributed by atoms with Gasteiger partial charge in [0.05, 0.1) is 6.61 Å². The number of hydrogen-bond acceptors (Lipinski definition) is 3. The summed E-state index contributed by atoms with van der Waals surface area (Å²) in [5, 5.41) is 11.8. The number of aromatic hydroxyl groups is 1. The predicted octanol–water partition coefficient (Wildman–Crippen LogP) is 1.41. The van der Waals surface area contributed by atoms with Crippen molar-refractivity contribution in [2.45, 2.75) is 6.54 Å². The molecule has 0 aliphatic rings. The van der Waals surface area contributed by atoms with E-state index in [0.717, 1.165) is 12.1 Å². The maximum Gasteiger partial charge on any atom is 0.187 e. The third-order valence-electron chi connectivity index (χ3n) is 1.89. The second kappa shape index (κ2) is 5.63. The first-order chi connectivity index (χ1) is 7.15. The number of phenols is 1. The maximum atomic E-state index is 12.9. The normalized spacial score (nSPS) is 10.6. The van der Waals surface area contributed by atoms with Crippen LogP contribution in [0.25, 0.3) is 0 Å². The number of nitrogens with one attached hydrogen (secondary N) is 1. The standard InChI is InChI=1S/C10H13F2NO2/c1-15-3-2-13-6-7-4-8(11)10(14)9(12)5-7/h4-5,13-14H,2-3,6H2,1H3. The van der Waals surface area contributed by atoms with Crippen LogP contribution in [0.15, 0.2) is 12.1 Å². The zero-order chi connectivity index (χ0) is 11.3. The van der Waals surface area contributed by atoms with Crippen LogP contribution in [0.5, 0.6) is 5.75 Å². The molecule has 0 aliphatic heterocycles. The Bertz CT molecular complexity index is 308. The van der Waals surface area contributed by atoms with E-state index in [4.69, 9.17) is 9.84 Å². The van der Waals surface area contributed by atoms with E-state index in [1.807, 2.05) is 0 Å². The SMILES string of the molecule is COCCNCc1cc(F)c(O)c(F)c1. The third kappa shape index (κ3) is 3.45. The lowest BCUT2D eigenvalue weighted by atomic mass is 10.2. The van der Waals surface area contributed by atoms with Crippen LogP contribution in [0.3, 0.4) is 0 Å². The van der Waals surface area contributed by atoms with Crippen molar-refractivity contribution >= 4 is 0 Å². The second-order valence-electron chi connectivity index (χ2n) is 3.08. The Kier molecular flexibility index (Phi) is 4.45. The zero-order valence-electron chi connectivity index (χ0n) is 8.39. The molecule has 0 saturated carbocycles. The molecule has 0 radical (unpaired) electrons. The summed E-state index contributed by atoms with van der Waals surface area (Å²) in [7, 11) is 1.57. The Labute approximate surface area is 86.7 Å². The number of methoxy groups -OCH3 is 1. The van der Waals surface area contributed by atoms with Crippen LogP contribution in [-0.2, 0) is 11.3 Å². The number of halogens is 2. The van der Waals surface area contributed by atoms with E-state index in [0.29, 0.717) is 25.3 Å². The Morgan fingerprint density at radius 1 is 1.33 bits per heavy atom. The van der Waals surface area contributed by atoms with Crippen molar-refractivity contribution < 1.29 is 18.6 Å². The molecule has 0 heterocycles. The number of benzene rings is 1. The topological polar surface area (TPSA) is 41.5 Å². The fourth-order valence-corrected chi connectivity index (χ4v) is 1.13. The average molecular weight is 217 g/mol. The molecule has 0 unspecified atom stereocenters. The van der Waals surface area contributed by atoms with E-state index in [9.17, 15) is 8.78 Å². The highest BCUT2D eigenvalue weighted by Crippen LogP contribution is 2.21. The van der Waals surface area contributed by atoms with E-state index in [-0.39, 0.29) is 0 Å². The van der Waals surface area contributed by atoms with Gasteiger partial charge in [0, 0.05) is 20.2 Å². The minimum Gasteiger partial charge on any atom is -0.503 e. The highest BCUT2D eigenvalue weighted by atomic mass is 19.1. The van der Waals surface area contributed by atoms with Crippen molar-refractivity contribution in [3.05, 3.63) is 29.3 Å². The van der Waals surface area contributed by atoms with E-state index >= 15 is 0 Å². The Hall–Kier alpha value is -1.20. The first-order valence-electron chi connectivity index (χ1n) is 4.51.